The van der Waals surface area contributed by atoms with Gasteiger partial charge in [-0.1, -0.05) is 30.3 Å². The van der Waals surface area contributed by atoms with Crippen LogP contribution >= 0.6 is 12.2 Å². The van der Waals surface area contributed by atoms with Crippen LogP contribution in [0.2, 0.25) is 0 Å². The summed E-state index contributed by atoms with van der Waals surface area (Å²) in [7, 11) is 0. The van der Waals surface area contributed by atoms with Gasteiger partial charge in [0.15, 0.2) is 34.5 Å². The van der Waals surface area contributed by atoms with Crippen molar-refractivity contribution >= 4 is 63.7 Å². The maximum Gasteiger partial charge on any atom is 0.340 e. The van der Waals surface area contributed by atoms with E-state index in [4.69, 9.17) is 32.2 Å². The second kappa shape index (κ2) is 18.4. The molecule has 5 heterocycles. The monoisotopic (exact) mass is 930 g/mol. The second-order valence-corrected chi connectivity index (χ2v) is 16.5. The number of carbonyl (C=O) groups excluding carboxylic acids is 3. The van der Waals surface area contributed by atoms with Crippen LogP contribution in [0.25, 0.3) is 11.2 Å². The molecule has 1 saturated heterocycles. The summed E-state index contributed by atoms with van der Waals surface area (Å²) in [4.78, 5) is 51.6. The molecular weight excluding hydrogens is 885 g/mol. The summed E-state index contributed by atoms with van der Waals surface area (Å²) >= 11 is 5.50. The van der Waals surface area contributed by atoms with Crippen molar-refractivity contribution < 1.29 is 49.0 Å². The summed E-state index contributed by atoms with van der Waals surface area (Å²) in [5, 5.41) is 56.6. The Morgan fingerprint density at radius 3 is 2.21 bits per heavy atom. The first kappa shape index (κ1) is 44.6. The van der Waals surface area contributed by atoms with Crippen LogP contribution in [0.3, 0.4) is 0 Å². The molecule has 4 atom stereocenters. The summed E-state index contributed by atoms with van der Waals surface area (Å²) < 4.78 is 19.3. The number of nitrogens with one attached hydrogen (secondary N) is 5. The molecule has 346 valence electrons. The zero-order chi connectivity index (χ0) is 47.0. The van der Waals surface area contributed by atoms with Crippen molar-refractivity contribution in [1.29, 1.82) is 0 Å². The Bertz CT molecular complexity index is 2860. The number of anilines is 3. The highest BCUT2D eigenvalue weighted by Gasteiger charge is 2.54. The number of amides is 2. The molecule has 2 amide bonds. The number of carbonyl (C=O) groups is 3. The number of phenols is 2. The van der Waals surface area contributed by atoms with Gasteiger partial charge in [0.2, 0.25) is 11.9 Å². The molecule has 2 aromatic heterocycles. The predicted molar refractivity (Wildman–Crippen MR) is 247 cm³/mol. The number of aliphatic hydroxyl groups excluding tert-OH is 2. The van der Waals surface area contributed by atoms with Gasteiger partial charge in [-0.25, -0.2) is 9.78 Å². The molecule has 6 aromatic rings. The van der Waals surface area contributed by atoms with E-state index in [1.165, 1.54) is 35.2 Å². The van der Waals surface area contributed by atoms with Crippen molar-refractivity contribution in [3.63, 3.8) is 0 Å². The van der Waals surface area contributed by atoms with E-state index in [0.717, 1.165) is 11.1 Å². The van der Waals surface area contributed by atoms with E-state index in [2.05, 4.69) is 41.5 Å². The van der Waals surface area contributed by atoms with Gasteiger partial charge < -0.3 is 67.0 Å². The first-order valence-electron chi connectivity index (χ1n) is 21.5. The van der Waals surface area contributed by atoms with E-state index in [1.807, 2.05) is 24.3 Å². The molecule has 0 aliphatic carbocycles. The third-order valence-corrected chi connectivity index (χ3v) is 11.9. The molecule has 3 aliphatic heterocycles. The molecule has 9 rings (SSSR count). The van der Waals surface area contributed by atoms with Crippen LogP contribution in [-0.2, 0) is 37.5 Å². The Morgan fingerprint density at radius 2 is 1.51 bits per heavy atom. The number of nitrogen functional groups attached to an aromatic ring is 1. The lowest BCUT2D eigenvalue weighted by molar-refractivity contribution is -0.137. The molecule has 0 radical (unpaired) electrons. The molecule has 21 heteroatoms. The third kappa shape index (κ3) is 8.67. The average Bonchev–Trinajstić information content (AvgIpc) is 3.95. The van der Waals surface area contributed by atoms with Crippen molar-refractivity contribution in [2.45, 2.75) is 56.3 Å². The number of nitrogens with zero attached hydrogens (tertiary/aromatic N) is 4. The zero-order valence-corrected chi connectivity index (χ0v) is 36.7. The number of aryl methyl sites for hydroxylation is 1. The summed E-state index contributed by atoms with van der Waals surface area (Å²) in [6.45, 7) is 3.19. The fourth-order valence-electron chi connectivity index (χ4n) is 8.46. The first-order valence-corrected chi connectivity index (χ1v) is 21.9. The standard InChI is InChI=1S/C46H46N10O10S/c1-2-48-41(62)38-36(60)37(61)42(65-38)56-22-52-35-39(47)54-44(55-40(35)56)50-16-15-24-5-3-23(4-6-24)7-14-34(59)49-17-18-51-45(67)53-25-8-11-29-28(19-25)43(63)66-46(29)30-12-9-26(57)20-32(30)64-33-21-27(58)10-13-31(33)46/h3-6,8-13,19-22,36-38,42,57-58,60-61H,2,7,14-18H2,1H3,(H,48,62)(H,49,59)(H2,51,53,67)(H3,47,50,54,55)/t36-,37+,38-,42+/m0/s1. The van der Waals surface area contributed by atoms with Crippen molar-refractivity contribution in [3.8, 4) is 23.0 Å². The van der Waals surface area contributed by atoms with Gasteiger partial charge in [-0.05, 0) is 79.5 Å². The van der Waals surface area contributed by atoms with Crippen LogP contribution in [0.1, 0.15) is 57.7 Å². The van der Waals surface area contributed by atoms with Gasteiger partial charge in [-0.2, -0.15) is 9.97 Å². The number of imidazole rings is 1. The minimum Gasteiger partial charge on any atom is -0.508 e. The van der Waals surface area contributed by atoms with Crippen LogP contribution in [0.4, 0.5) is 17.5 Å². The quantitative estimate of drug-likeness (QED) is 0.0427. The van der Waals surface area contributed by atoms with Gasteiger partial charge in [-0.3, -0.25) is 14.2 Å². The van der Waals surface area contributed by atoms with Gasteiger partial charge in [-0.15, -0.1) is 0 Å². The van der Waals surface area contributed by atoms with Crippen molar-refractivity contribution in [1.82, 2.24) is 35.5 Å². The number of likely N-dealkylation sites (N-methyl/N-ethyl adjacent to an activating group) is 1. The highest BCUT2D eigenvalue weighted by Crippen LogP contribution is 2.57. The number of aromatic hydroxyl groups is 2. The van der Waals surface area contributed by atoms with E-state index >= 15 is 0 Å². The molecule has 0 bridgehead atoms. The molecule has 0 saturated carbocycles. The van der Waals surface area contributed by atoms with Gasteiger partial charge >= 0.3 is 5.97 Å². The van der Waals surface area contributed by atoms with Crippen LogP contribution < -0.4 is 37.1 Å². The van der Waals surface area contributed by atoms with Gasteiger partial charge in [0, 0.05) is 67.1 Å². The fourth-order valence-corrected chi connectivity index (χ4v) is 8.68. The second-order valence-electron chi connectivity index (χ2n) is 16.1. The molecule has 1 fully saturated rings. The van der Waals surface area contributed by atoms with Crippen molar-refractivity contribution in [2.24, 2.45) is 0 Å². The Morgan fingerprint density at radius 1 is 0.836 bits per heavy atom. The van der Waals surface area contributed by atoms with Crippen LogP contribution in [0.5, 0.6) is 23.0 Å². The molecular formula is C46H46N10O10S. The number of aliphatic hydroxyl groups is 2. The minimum atomic E-state index is -1.46. The van der Waals surface area contributed by atoms with Gasteiger partial charge in [0.05, 0.1) is 11.9 Å². The molecule has 3 aliphatic rings. The number of fused-ring (bicyclic) bond motifs is 7. The molecule has 1 spiro atoms. The minimum absolute atomic E-state index is 0.0328. The Balaban J connectivity index is 0.719. The van der Waals surface area contributed by atoms with E-state index < -0.39 is 42.0 Å². The number of benzene rings is 4. The number of hydrogen-bond acceptors (Lipinski definition) is 16. The van der Waals surface area contributed by atoms with E-state index in [1.54, 1.807) is 37.3 Å². The molecule has 11 N–H and O–H groups in total. The van der Waals surface area contributed by atoms with E-state index in [0.29, 0.717) is 67.0 Å². The fraction of sp³-hybridized carbons (Fsp3) is 0.283. The largest absolute Gasteiger partial charge is 0.508 e. The van der Waals surface area contributed by atoms with Crippen molar-refractivity contribution in [2.75, 3.05) is 42.5 Å². The van der Waals surface area contributed by atoms with Gasteiger partial charge in [0.1, 0.15) is 40.7 Å². The van der Waals surface area contributed by atoms with Crippen LogP contribution in [0, 0.1) is 0 Å². The zero-order valence-electron chi connectivity index (χ0n) is 35.9. The maximum absolute atomic E-state index is 13.5. The summed E-state index contributed by atoms with van der Waals surface area (Å²) in [5.74, 6) is -0.399. The highest BCUT2D eigenvalue weighted by atomic mass is 32.1. The molecule has 20 nitrogen and oxygen atoms in total. The normalized spacial score (nSPS) is 18.6. The topological polar surface area (TPSA) is 290 Å². The molecule has 0 unspecified atom stereocenters. The van der Waals surface area contributed by atoms with Crippen LogP contribution in [-0.4, -0.2) is 107 Å². The number of ether oxygens (including phenoxy) is 3. The number of rotatable bonds is 14. The number of hydrogen-bond donors (Lipinski definition) is 10. The lowest BCUT2D eigenvalue weighted by Crippen LogP contribution is -2.42. The summed E-state index contributed by atoms with van der Waals surface area (Å²) in [6.07, 6.45) is -2.48. The molecule has 4 aromatic carbocycles. The number of esters is 1. The first-order chi connectivity index (χ1) is 32.3. The number of thiocarbonyl (C=S) groups is 1. The SMILES string of the molecule is CCNC(=O)[C@H]1O[C@@H](n2cnc3c(N)nc(NCCc4ccc(CCC(=O)NCCNC(=S)Nc5ccc6c(c5)C(=O)OC65c6ccc(O)cc6Oc6cc(O)ccc65)cc4)nc32)[C@H](O)[C@@H]1O. The lowest BCUT2D eigenvalue weighted by atomic mass is 9.77. The van der Waals surface area contributed by atoms with E-state index in [9.17, 15) is 34.8 Å². The third-order valence-electron chi connectivity index (χ3n) is 11.7. The Labute approximate surface area is 387 Å². The number of aromatic nitrogens is 4. The van der Waals surface area contributed by atoms with E-state index in [-0.39, 0.29) is 63.4 Å². The van der Waals surface area contributed by atoms with Crippen molar-refractivity contribution in [3.05, 3.63) is 119 Å². The maximum atomic E-state index is 13.5. The Hall–Kier alpha value is -7.59. The highest BCUT2D eigenvalue weighted by molar-refractivity contribution is 7.80. The smallest absolute Gasteiger partial charge is 0.340 e. The summed E-state index contributed by atoms with van der Waals surface area (Å²) in [5.41, 5.74) is 9.82. The lowest BCUT2D eigenvalue weighted by Gasteiger charge is -2.36. The number of nitrogens with two attached hydrogens (primary N) is 1. The average molecular weight is 931 g/mol. The Kier molecular flexibility index (Phi) is 12.2. The predicted octanol–water partition coefficient (Wildman–Crippen LogP) is 2.83. The number of phenolic OH excluding ortho intramolecular Hbond substituents is 2. The molecule has 67 heavy (non-hydrogen) atoms. The van der Waals surface area contributed by atoms with Crippen LogP contribution in [0.15, 0.2) is 85.2 Å². The summed E-state index contributed by atoms with van der Waals surface area (Å²) in [6, 6.07) is 22.2. The van der Waals surface area contributed by atoms with Gasteiger partial charge in [0.25, 0.3) is 5.91 Å².